The van der Waals surface area contributed by atoms with E-state index in [9.17, 15) is 25.3 Å². The van der Waals surface area contributed by atoms with Gasteiger partial charge in [-0.2, -0.15) is 4.31 Å². The van der Waals surface area contributed by atoms with Crippen LogP contribution >= 0.6 is 0 Å². The summed E-state index contributed by atoms with van der Waals surface area (Å²) in [5, 5.41) is 5.02. The molecule has 0 spiro atoms. The first-order chi connectivity index (χ1) is 12.9. The van der Waals surface area contributed by atoms with Gasteiger partial charge in [-0.1, -0.05) is 19.9 Å². The number of nitrogens with two attached hydrogens (primary N) is 1. The lowest BCUT2D eigenvalue weighted by Gasteiger charge is -2.18. The monoisotopic (exact) mass is 447 g/mol. The van der Waals surface area contributed by atoms with E-state index in [0.29, 0.717) is 13.1 Å². The molecular weight excluding hydrogens is 426 g/mol. The van der Waals surface area contributed by atoms with E-state index < -0.39 is 30.1 Å². The van der Waals surface area contributed by atoms with Crippen LogP contribution in [0, 0.1) is 0 Å². The molecule has 0 fully saturated rings. The summed E-state index contributed by atoms with van der Waals surface area (Å²) in [5.41, 5.74) is 0.125. The van der Waals surface area contributed by atoms with Gasteiger partial charge >= 0.3 is 0 Å². The second-order valence-corrected chi connectivity index (χ2v) is 10.9. The summed E-state index contributed by atoms with van der Waals surface area (Å²) < 4.78 is 76.3. The van der Waals surface area contributed by atoms with Crippen LogP contribution < -0.4 is 9.86 Å². The van der Waals surface area contributed by atoms with Crippen LogP contribution in [0.15, 0.2) is 63.2 Å². The van der Waals surface area contributed by atoms with Gasteiger partial charge in [0.05, 0.1) is 14.7 Å². The topological polar surface area (TPSA) is 144 Å². The Kier molecular flexibility index (Phi) is 6.51. The third-order valence-corrected chi connectivity index (χ3v) is 8.25. The fourth-order valence-corrected chi connectivity index (χ4v) is 5.64. The van der Waals surface area contributed by atoms with Gasteiger partial charge in [-0.25, -0.2) is 30.4 Å². The average Bonchev–Trinajstić information content (AvgIpc) is 2.62. The minimum absolute atomic E-state index is 0.0374. The summed E-state index contributed by atoms with van der Waals surface area (Å²) in [7, 11) is -11.8. The van der Waals surface area contributed by atoms with E-state index in [0.717, 1.165) is 6.07 Å². The Labute approximate surface area is 165 Å². The van der Waals surface area contributed by atoms with E-state index in [1.165, 1.54) is 46.8 Å². The van der Waals surface area contributed by atoms with Crippen molar-refractivity contribution >= 4 is 35.8 Å². The molecule has 0 heterocycles. The summed E-state index contributed by atoms with van der Waals surface area (Å²) in [6.07, 6.45) is 0. The highest BCUT2D eigenvalue weighted by molar-refractivity contribution is 7.93. The number of hydrogen-bond donors (Lipinski definition) is 2. The van der Waals surface area contributed by atoms with Crippen molar-refractivity contribution < 1.29 is 25.3 Å². The molecular formula is C16H21N3O6S3. The molecule has 0 atom stereocenters. The Bertz CT molecular complexity index is 1150. The van der Waals surface area contributed by atoms with Crippen molar-refractivity contribution in [1.82, 2.24) is 4.31 Å². The van der Waals surface area contributed by atoms with Crippen LogP contribution in [-0.4, -0.2) is 42.6 Å². The SMILES string of the molecule is CCN(CC)S(=O)(=O)c1ccc(NS(=O)(=O)c2cccc(S(N)(=O)=O)c2)cc1. The molecule has 0 saturated carbocycles. The maximum Gasteiger partial charge on any atom is 0.261 e. The van der Waals surface area contributed by atoms with E-state index in [1.54, 1.807) is 13.8 Å². The maximum absolute atomic E-state index is 12.5. The number of sulfonamides is 3. The van der Waals surface area contributed by atoms with Crippen LogP contribution in [0.3, 0.4) is 0 Å². The van der Waals surface area contributed by atoms with Crippen LogP contribution in [0.5, 0.6) is 0 Å². The van der Waals surface area contributed by atoms with Crippen molar-refractivity contribution in [2.75, 3.05) is 17.8 Å². The first-order valence-electron chi connectivity index (χ1n) is 8.17. The van der Waals surface area contributed by atoms with Gasteiger partial charge < -0.3 is 0 Å². The van der Waals surface area contributed by atoms with Gasteiger partial charge in [0, 0.05) is 18.8 Å². The first-order valence-corrected chi connectivity index (χ1v) is 12.6. The number of rotatable bonds is 8. The average molecular weight is 448 g/mol. The number of anilines is 1. The fourth-order valence-electron chi connectivity index (χ4n) is 2.44. The molecule has 12 heteroatoms. The summed E-state index contributed by atoms with van der Waals surface area (Å²) in [5.74, 6) is 0. The van der Waals surface area contributed by atoms with Crippen LogP contribution in [0.4, 0.5) is 5.69 Å². The molecule has 0 aliphatic carbocycles. The van der Waals surface area contributed by atoms with Crippen molar-refractivity contribution in [3.05, 3.63) is 48.5 Å². The van der Waals surface area contributed by atoms with E-state index in [4.69, 9.17) is 5.14 Å². The third-order valence-electron chi connectivity index (χ3n) is 3.89. The molecule has 0 unspecified atom stereocenters. The van der Waals surface area contributed by atoms with Gasteiger partial charge in [0.25, 0.3) is 10.0 Å². The molecule has 0 bridgehead atoms. The minimum Gasteiger partial charge on any atom is -0.280 e. The molecule has 2 rings (SSSR count). The number of nitrogens with zero attached hydrogens (tertiary/aromatic N) is 1. The summed E-state index contributed by atoms with van der Waals surface area (Å²) in [6.45, 7) is 4.07. The zero-order chi connectivity index (χ0) is 21.2. The standard InChI is InChI=1S/C16H21N3O6S3/c1-3-19(4-2)28(24,25)14-10-8-13(9-11-14)18-27(22,23)16-7-5-6-15(12-16)26(17,20)21/h5-12,18H,3-4H2,1-2H3,(H2,17,20,21). The summed E-state index contributed by atoms with van der Waals surface area (Å²) in [6, 6.07) is 9.83. The quantitative estimate of drug-likeness (QED) is 0.621. The normalized spacial score (nSPS) is 12.9. The molecule has 0 saturated heterocycles. The number of primary sulfonamides is 1. The second-order valence-electron chi connectivity index (χ2n) is 5.74. The van der Waals surface area contributed by atoms with Gasteiger partial charge in [0.2, 0.25) is 20.0 Å². The minimum atomic E-state index is -4.10. The van der Waals surface area contributed by atoms with Gasteiger partial charge in [0.1, 0.15) is 0 Å². The van der Waals surface area contributed by atoms with Gasteiger partial charge in [-0.3, -0.25) is 4.72 Å². The van der Waals surface area contributed by atoms with Gasteiger partial charge in [-0.15, -0.1) is 0 Å². The van der Waals surface area contributed by atoms with Gasteiger partial charge in [0.15, 0.2) is 0 Å². The molecule has 9 nitrogen and oxygen atoms in total. The van der Waals surface area contributed by atoms with E-state index in [1.807, 2.05) is 0 Å². The zero-order valence-electron chi connectivity index (χ0n) is 15.2. The van der Waals surface area contributed by atoms with Crippen LogP contribution in [0.25, 0.3) is 0 Å². The smallest absolute Gasteiger partial charge is 0.261 e. The molecule has 0 radical (unpaired) electrons. The number of hydrogen-bond acceptors (Lipinski definition) is 6. The van der Waals surface area contributed by atoms with E-state index >= 15 is 0 Å². The highest BCUT2D eigenvalue weighted by Gasteiger charge is 2.22. The Morgan fingerprint density at radius 3 is 1.86 bits per heavy atom. The van der Waals surface area contributed by atoms with Crippen LogP contribution in [0.2, 0.25) is 0 Å². The lowest BCUT2D eigenvalue weighted by Crippen LogP contribution is -2.30. The van der Waals surface area contributed by atoms with E-state index in [2.05, 4.69) is 4.72 Å². The highest BCUT2D eigenvalue weighted by Crippen LogP contribution is 2.22. The zero-order valence-corrected chi connectivity index (χ0v) is 17.7. The molecule has 2 aromatic rings. The second kappa shape index (κ2) is 8.17. The molecule has 154 valence electrons. The highest BCUT2D eigenvalue weighted by atomic mass is 32.2. The summed E-state index contributed by atoms with van der Waals surface area (Å²) in [4.78, 5) is -0.592. The fraction of sp³-hybridized carbons (Fsp3) is 0.250. The molecule has 28 heavy (non-hydrogen) atoms. The Hall–Kier alpha value is -1.99. The number of benzene rings is 2. The number of nitrogens with one attached hydrogen (secondary N) is 1. The van der Waals surface area contributed by atoms with Crippen molar-refractivity contribution in [1.29, 1.82) is 0 Å². The predicted molar refractivity (Wildman–Crippen MR) is 105 cm³/mol. The molecule has 0 aliphatic rings. The van der Waals surface area contributed by atoms with Gasteiger partial charge in [-0.05, 0) is 42.5 Å². The van der Waals surface area contributed by atoms with E-state index in [-0.39, 0.29) is 20.4 Å². The van der Waals surface area contributed by atoms with Crippen LogP contribution in [-0.2, 0) is 30.1 Å². The van der Waals surface area contributed by atoms with Crippen LogP contribution in [0.1, 0.15) is 13.8 Å². The lowest BCUT2D eigenvalue weighted by atomic mass is 10.3. The van der Waals surface area contributed by atoms with Crippen molar-refractivity contribution in [2.45, 2.75) is 28.5 Å². The van der Waals surface area contributed by atoms with Crippen molar-refractivity contribution in [3.63, 3.8) is 0 Å². The molecule has 0 aromatic heterocycles. The first kappa shape index (κ1) is 22.3. The van der Waals surface area contributed by atoms with Crippen molar-refractivity contribution in [3.8, 4) is 0 Å². The Morgan fingerprint density at radius 2 is 1.36 bits per heavy atom. The third kappa shape index (κ3) is 4.89. The largest absolute Gasteiger partial charge is 0.280 e. The van der Waals surface area contributed by atoms with Crippen molar-refractivity contribution in [2.24, 2.45) is 5.14 Å². The predicted octanol–water partition coefficient (Wildman–Crippen LogP) is 1.17. The molecule has 3 N–H and O–H groups in total. The maximum atomic E-state index is 12.5. The molecule has 2 aromatic carbocycles. The Morgan fingerprint density at radius 1 is 0.821 bits per heavy atom. The Balaban J connectivity index is 2.31. The summed E-state index contributed by atoms with van der Waals surface area (Å²) >= 11 is 0. The lowest BCUT2D eigenvalue weighted by molar-refractivity contribution is 0.445. The molecule has 0 aliphatic heterocycles. The molecule has 0 amide bonds.